The van der Waals surface area contributed by atoms with E-state index in [0.29, 0.717) is 13.2 Å². The summed E-state index contributed by atoms with van der Waals surface area (Å²) in [5, 5.41) is 8.01. The first-order valence-electron chi connectivity index (χ1n) is 2.26. The summed E-state index contributed by atoms with van der Waals surface area (Å²) in [6, 6.07) is 0. The zero-order valence-corrected chi connectivity index (χ0v) is 5.34. The van der Waals surface area contributed by atoms with Gasteiger partial charge >= 0.3 is 14.8 Å². The van der Waals surface area contributed by atoms with Gasteiger partial charge in [0.15, 0.2) is 0 Å². The van der Waals surface area contributed by atoms with Crippen molar-refractivity contribution in [3.05, 3.63) is 0 Å². The van der Waals surface area contributed by atoms with Crippen LogP contribution in [0.4, 0.5) is 4.79 Å². The van der Waals surface area contributed by atoms with Crippen LogP contribution in [0.2, 0.25) is 0 Å². The van der Waals surface area contributed by atoms with Crippen molar-refractivity contribution in [3.8, 4) is 0 Å². The van der Waals surface area contributed by atoms with Crippen molar-refractivity contribution < 1.29 is 23.5 Å². The van der Waals surface area contributed by atoms with Crippen molar-refractivity contribution in [1.29, 1.82) is 0 Å². The Balaban J connectivity index is 2.19. The number of hydrogen-bond acceptors (Lipinski definition) is 4. The third-order valence-electron chi connectivity index (χ3n) is 0.629. The van der Waals surface area contributed by atoms with Crippen LogP contribution in [0.25, 0.3) is 0 Å². The van der Waals surface area contributed by atoms with Crippen LogP contribution in [-0.2, 0) is 13.6 Å². The van der Waals surface area contributed by atoms with E-state index in [-0.39, 0.29) is 0 Å². The topological polar surface area (TPSA) is 65.0 Å². The molecule has 0 saturated carbocycles. The summed E-state index contributed by atoms with van der Waals surface area (Å²) in [5.41, 5.74) is 0. The second-order valence-electron chi connectivity index (χ2n) is 1.25. The van der Waals surface area contributed by atoms with Crippen molar-refractivity contribution in [2.24, 2.45) is 0 Å². The van der Waals surface area contributed by atoms with Crippen molar-refractivity contribution in [1.82, 2.24) is 0 Å². The van der Waals surface area contributed by atoms with Crippen LogP contribution in [0.15, 0.2) is 0 Å². The molecule has 0 amide bonds. The lowest BCUT2D eigenvalue weighted by Crippen LogP contribution is -1.93. The first-order valence-corrected chi connectivity index (χ1v) is 3.35. The maximum absolute atomic E-state index is 9.79. The Bertz CT molecular complexity index is 109. The van der Waals surface area contributed by atoms with E-state index < -0.39 is 14.8 Å². The second-order valence-corrected chi connectivity index (χ2v) is 2.39. The van der Waals surface area contributed by atoms with Gasteiger partial charge in [0.25, 0.3) is 0 Å². The molecule has 1 saturated heterocycles. The van der Waals surface area contributed by atoms with Gasteiger partial charge in [-0.2, -0.15) is 0 Å². The van der Waals surface area contributed by atoms with Gasteiger partial charge in [-0.3, -0.25) is 9.05 Å². The van der Waals surface area contributed by atoms with E-state index in [9.17, 15) is 4.79 Å². The van der Waals surface area contributed by atoms with Crippen LogP contribution in [0.5, 0.6) is 0 Å². The molecule has 1 rings (SSSR count). The molecule has 0 aromatic rings. The summed E-state index contributed by atoms with van der Waals surface area (Å²) in [7, 11) is -1.58. The van der Waals surface area contributed by atoms with Gasteiger partial charge in [0.05, 0.1) is 13.2 Å². The van der Waals surface area contributed by atoms with Crippen molar-refractivity contribution >= 4 is 14.8 Å². The Morgan fingerprint density at radius 3 is 2.56 bits per heavy atom. The SMILES string of the molecule is O=C(O)OP1OCCO1. The average molecular weight is 152 g/mol. The van der Waals surface area contributed by atoms with E-state index in [0.717, 1.165) is 0 Å². The fourth-order valence-electron chi connectivity index (χ4n) is 0.377. The summed E-state index contributed by atoms with van der Waals surface area (Å²) in [6.45, 7) is 0.831. The van der Waals surface area contributed by atoms with E-state index in [2.05, 4.69) is 4.52 Å². The minimum absolute atomic E-state index is 0.416. The molecule has 0 bridgehead atoms. The molecule has 1 heterocycles. The largest absolute Gasteiger partial charge is 0.512 e. The van der Waals surface area contributed by atoms with Crippen molar-refractivity contribution in [2.45, 2.75) is 0 Å². The lowest BCUT2D eigenvalue weighted by molar-refractivity contribution is 0.137. The predicted molar refractivity (Wildman–Crippen MR) is 27.9 cm³/mol. The molecule has 1 aliphatic heterocycles. The molecule has 0 aliphatic carbocycles. The minimum Gasteiger partial charge on any atom is -0.449 e. The smallest absolute Gasteiger partial charge is 0.449 e. The summed E-state index contributed by atoms with van der Waals surface area (Å²) < 4.78 is 13.6. The van der Waals surface area contributed by atoms with Crippen LogP contribution >= 0.6 is 8.60 Å². The summed E-state index contributed by atoms with van der Waals surface area (Å²) >= 11 is 0. The van der Waals surface area contributed by atoms with E-state index in [4.69, 9.17) is 14.2 Å². The van der Waals surface area contributed by atoms with E-state index in [1.165, 1.54) is 0 Å². The molecular formula is C3H5O5P. The summed E-state index contributed by atoms with van der Waals surface area (Å²) in [6.07, 6.45) is -1.36. The van der Waals surface area contributed by atoms with Gasteiger partial charge in [-0.15, -0.1) is 0 Å². The molecule has 0 radical (unpaired) electrons. The first-order chi connectivity index (χ1) is 4.29. The third-order valence-corrected chi connectivity index (χ3v) is 1.72. The van der Waals surface area contributed by atoms with Crippen molar-refractivity contribution in [3.63, 3.8) is 0 Å². The number of hydrogen-bond donors (Lipinski definition) is 1. The van der Waals surface area contributed by atoms with E-state index in [1.54, 1.807) is 0 Å². The molecule has 0 unspecified atom stereocenters. The van der Waals surface area contributed by atoms with Crippen LogP contribution < -0.4 is 0 Å². The van der Waals surface area contributed by atoms with Crippen LogP contribution in [-0.4, -0.2) is 24.5 Å². The zero-order valence-electron chi connectivity index (χ0n) is 4.44. The second kappa shape index (κ2) is 2.96. The van der Waals surface area contributed by atoms with Gasteiger partial charge in [0.2, 0.25) is 0 Å². The van der Waals surface area contributed by atoms with Crippen LogP contribution in [0.1, 0.15) is 0 Å². The normalized spacial score (nSPS) is 20.0. The molecule has 1 aliphatic rings. The molecule has 0 atom stereocenters. The molecular weight excluding hydrogens is 147 g/mol. The van der Waals surface area contributed by atoms with Gasteiger partial charge in [-0.1, -0.05) is 0 Å². The van der Waals surface area contributed by atoms with E-state index >= 15 is 0 Å². The molecule has 6 heteroatoms. The monoisotopic (exact) mass is 152 g/mol. The van der Waals surface area contributed by atoms with Crippen LogP contribution in [0.3, 0.4) is 0 Å². The molecule has 0 aromatic carbocycles. The van der Waals surface area contributed by atoms with Gasteiger partial charge in [0.1, 0.15) is 0 Å². The Hall–Kier alpha value is -0.380. The summed E-state index contributed by atoms with van der Waals surface area (Å²) in [4.78, 5) is 9.79. The molecule has 5 nitrogen and oxygen atoms in total. The van der Waals surface area contributed by atoms with Crippen LogP contribution in [0, 0.1) is 0 Å². The van der Waals surface area contributed by atoms with Gasteiger partial charge in [-0.25, -0.2) is 4.79 Å². The minimum atomic E-state index is -1.58. The summed E-state index contributed by atoms with van der Waals surface area (Å²) in [5.74, 6) is 0. The molecule has 9 heavy (non-hydrogen) atoms. The Morgan fingerprint density at radius 1 is 1.56 bits per heavy atom. The highest BCUT2D eigenvalue weighted by Crippen LogP contribution is 2.43. The molecule has 0 spiro atoms. The maximum atomic E-state index is 9.79. The highest BCUT2D eigenvalue weighted by molar-refractivity contribution is 7.42. The number of carbonyl (C=O) groups is 1. The highest BCUT2D eigenvalue weighted by atomic mass is 31.2. The molecule has 1 N–H and O–H groups in total. The van der Waals surface area contributed by atoms with Gasteiger partial charge in [0, 0.05) is 0 Å². The molecule has 0 aromatic heterocycles. The maximum Gasteiger partial charge on any atom is 0.512 e. The lowest BCUT2D eigenvalue weighted by Gasteiger charge is -2.01. The standard InChI is InChI=1S/C3H5O5P/c4-3(5)8-9-6-1-2-7-9/h1-2H2,(H,4,5). The Labute approximate surface area is 52.5 Å². The van der Waals surface area contributed by atoms with Gasteiger partial charge in [-0.05, 0) is 0 Å². The Kier molecular flexibility index (Phi) is 2.22. The lowest BCUT2D eigenvalue weighted by atomic mass is 10.8. The molecule has 52 valence electrons. The Morgan fingerprint density at radius 2 is 2.11 bits per heavy atom. The first kappa shape index (κ1) is 6.74. The van der Waals surface area contributed by atoms with E-state index in [1.807, 2.05) is 0 Å². The third kappa shape index (κ3) is 2.13. The number of rotatable bonds is 1. The predicted octanol–water partition coefficient (Wildman–Crippen LogP) is 0.955. The van der Waals surface area contributed by atoms with Gasteiger partial charge < -0.3 is 9.63 Å². The zero-order chi connectivity index (χ0) is 6.69. The number of carboxylic acid groups (broad SMARTS) is 1. The van der Waals surface area contributed by atoms with Crippen molar-refractivity contribution in [2.75, 3.05) is 13.2 Å². The molecule has 1 fully saturated rings. The highest BCUT2D eigenvalue weighted by Gasteiger charge is 2.22. The fraction of sp³-hybridized carbons (Fsp3) is 0.667. The fourth-order valence-corrected chi connectivity index (χ4v) is 1.13. The quantitative estimate of drug-likeness (QED) is 0.566. The average Bonchev–Trinajstić information content (AvgIpc) is 2.15.